The second-order valence-corrected chi connectivity index (χ2v) is 8.53. The number of anilines is 1. The van der Waals surface area contributed by atoms with E-state index in [9.17, 15) is 17.6 Å². The minimum absolute atomic E-state index is 0.0669. The Bertz CT molecular complexity index is 712. The highest BCUT2D eigenvalue weighted by molar-refractivity contribution is 7.92. The van der Waals surface area contributed by atoms with Crippen molar-refractivity contribution in [1.82, 2.24) is 5.32 Å². The topological polar surface area (TPSA) is 75.3 Å². The van der Waals surface area contributed by atoms with Gasteiger partial charge in [-0.2, -0.15) is 0 Å². The molecule has 1 aliphatic carbocycles. The molecule has 1 aromatic carbocycles. The Kier molecular flexibility index (Phi) is 4.68. The molecule has 7 heteroatoms. The van der Waals surface area contributed by atoms with E-state index in [1.807, 2.05) is 0 Å². The van der Waals surface area contributed by atoms with Gasteiger partial charge in [0.25, 0.3) is 0 Å². The van der Waals surface area contributed by atoms with Gasteiger partial charge in [-0.15, -0.1) is 0 Å². The van der Waals surface area contributed by atoms with Gasteiger partial charge in [-0.25, -0.2) is 12.8 Å². The lowest BCUT2D eigenvalue weighted by Crippen LogP contribution is -2.30. The van der Waals surface area contributed by atoms with E-state index in [1.54, 1.807) is 6.07 Å². The number of benzene rings is 1. The normalized spacial score (nSPS) is 18.7. The van der Waals surface area contributed by atoms with Crippen LogP contribution in [0.15, 0.2) is 12.1 Å². The molecule has 1 amide bonds. The predicted octanol–water partition coefficient (Wildman–Crippen LogP) is 1.77. The fourth-order valence-electron chi connectivity index (χ4n) is 3.36. The molecule has 0 spiro atoms. The van der Waals surface area contributed by atoms with E-state index in [4.69, 9.17) is 0 Å². The number of hydrogen-bond acceptors (Lipinski definition) is 4. The molecule has 1 heterocycles. The molecule has 23 heavy (non-hydrogen) atoms. The Morgan fingerprint density at radius 2 is 2.04 bits per heavy atom. The van der Waals surface area contributed by atoms with Crippen molar-refractivity contribution in [3.05, 3.63) is 29.1 Å². The molecule has 0 bridgehead atoms. The maximum Gasteiger partial charge on any atom is 0.239 e. The SMILES string of the molecule is O=C(CS(=O)(=O)C1CCCC1)Nc1ccc2c(c1F)CCNC2. The van der Waals surface area contributed by atoms with E-state index >= 15 is 0 Å². The number of carbonyl (C=O) groups excluding carboxylic acids is 1. The summed E-state index contributed by atoms with van der Waals surface area (Å²) in [5, 5.41) is 5.16. The van der Waals surface area contributed by atoms with Crippen LogP contribution in [0.4, 0.5) is 10.1 Å². The second-order valence-electron chi connectivity index (χ2n) is 6.25. The van der Waals surface area contributed by atoms with Crippen LogP contribution in [0.3, 0.4) is 0 Å². The molecule has 1 fully saturated rings. The third-order valence-electron chi connectivity index (χ3n) is 4.62. The van der Waals surface area contributed by atoms with E-state index in [-0.39, 0.29) is 5.69 Å². The summed E-state index contributed by atoms with van der Waals surface area (Å²) in [4.78, 5) is 12.0. The zero-order chi connectivity index (χ0) is 16.4. The van der Waals surface area contributed by atoms with Crippen LogP contribution in [0.5, 0.6) is 0 Å². The average Bonchev–Trinajstić information content (AvgIpc) is 3.05. The van der Waals surface area contributed by atoms with Crippen molar-refractivity contribution in [3.8, 4) is 0 Å². The summed E-state index contributed by atoms with van der Waals surface area (Å²) >= 11 is 0. The van der Waals surface area contributed by atoms with Crippen molar-refractivity contribution in [2.75, 3.05) is 17.6 Å². The number of halogens is 1. The highest BCUT2D eigenvalue weighted by Crippen LogP contribution is 2.26. The highest BCUT2D eigenvalue weighted by Gasteiger charge is 2.31. The number of hydrogen-bond donors (Lipinski definition) is 2. The van der Waals surface area contributed by atoms with Crippen molar-refractivity contribution >= 4 is 21.4 Å². The van der Waals surface area contributed by atoms with Gasteiger partial charge in [-0.05, 0) is 43.0 Å². The summed E-state index contributed by atoms with van der Waals surface area (Å²) in [6, 6.07) is 3.27. The number of nitrogens with one attached hydrogen (secondary N) is 2. The summed E-state index contributed by atoms with van der Waals surface area (Å²) in [7, 11) is -3.45. The van der Waals surface area contributed by atoms with Gasteiger partial charge >= 0.3 is 0 Å². The zero-order valence-corrected chi connectivity index (χ0v) is 13.7. The van der Waals surface area contributed by atoms with Gasteiger partial charge in [-0.3, -0.25) is 4.79 Å². The molecule has 0 saturated heterocycles. The molecule has 5 nitrogen and oxygen atoms in total. The molecule has 1 saturated carbocycles. The van der Waals surface area contributed by atoms with Crippen molar-refractivity contribution in [2.45, 2.75) is 43.9 Å². The Labute approximate surface area is 135 Å². The van der Waals surface area contributed by atoms with Crippen molar-refractivity contribution in [2.24, 2.45) is 0 Å². The number of sulfone groups is 1. The first kappa shape index (κ1) is 16.4. The van der Waals surface area contributed by atoms with Crippen LogP contribution in [0, 0.1) is 5.82 Å². The Balaban J connectivity index is 1.71. The van der Waals surface area contributed by atoms with Crippen LogP contribution < -0.4 is 10.6 Å². The number of amides is 1. The molecule has 126 valence electrons. The lowest BCUT2D eigenvalue weighted by molar-refractivity contribution is -0.113. The first-order valence-corrected chi connectivity index (χ1v) is 9.71. The molecular weight excluding hydrogens is 319 g/mol. The average molecular weight is 340 g/mol. The Hall–Kier alpha value is -1.47. The first-order chi connectivity index (χ1) is 11.0. The molecule has 2 N–H and O–H groups in total. The summed E-state index contributed by atoms with van der Waals surface area (Å²) in [6.07, 6.45) is 3.58. The number of fused-ring (bicyclic) bond motifs is 1. The molecular formula is C16H21FN2O3S. The fraction of sp³-hybridized carbons (Fsp3) is 0.562. The third-order valence-corrected chi connectivity index (χ3v) is 6.78. The number of carbonyl (C=O) groups is 1. The van der Waals surface area contributed by atoms with Gasteiger partial charge < -0.3 is 10.6 Å². The van der Waals surface area contributed by atoms with E-state index in [0.717, 1.165) is 18.4 Å². The molecule has 1 aromatic rings. The van der Waals surface area contributed by atoms with Gasteiger partial charge in [0.05, 0.1) is 10.9 Å². The second kappa shape index (κ2) is 6.57. The standard InChI is InChI=1S/C16H21FN2O3S/c17-16-13-7-8-18-9-11(13)5-6-14(16)19-15(20)10-23(21,22)12-3-1-2-4-12/h5-6,12,18H,1-4,7-10H2,(H,19,20). The van der Waals surface area contributed by atoms with Gasteiger partial charge in [0.15, 0.2) is 9.84 Å². The van der Waals surface area contributed by atoms with Crippen LogP contribution in [0.1, 0.15) is 36.8 Å². The molecule has 2 aliphatic rings. The largest absolute Gasteiger partial charge is 0.323 e. The van der Waals surface area contributed by atoms with E-state index < -0.39 is 32.6 Å². The molecule has 1 aliphatic heterocycles. The minimum Gasteiger partial charge on any atom is -0.323 e. The monoisotopic (exact) mass is 340 g/mol. The summed E-state index contributed by atoms with van der Waals surface area (Å²) in [6.45, 7) is 1.30. The lowest BCUT2D eigenvalue weighted by Gasteiger charge is -2.19. The third kappa shape index (κ3) is 3.55. The summed E-state index contributed by atoms with van der Waals surface area (Å²) in [5.74, 6) is -1.68. The maximum atomic E-state index is 14.5. The predicted molar refractivity (Wildman–Crippen MR) is 86.5 cm³/mol. The number of rotatable bonds is 4. The molecule has 0 atom stereocenters. The van der Waals surface area contributed by atoms with Crippen LogP contribution >= 0.6 is 0 Å². The van der Waals surface area contributed by atoms with Crippen LogP contribution in [-0.4, -0.2) is 31.9 Å². The highest BCUT2D eigenvalue weighted by atomic mass is 32.2. The molecule has 0 unspecified atom stereocenters. The van der Waals surface area contributed by atoms with Crippen molar-refractivity contribution < 1.29 is 17.6 Å². The molecule has 0 aromatic heterocycles. The minimum atomic E-state index is -3.45. The first-order valence-electron chi connectivity index (χ1n) is 8.00. The quantitative estimate of drug-likeness (QED) is 0.876. The van der Waals surface area contributed by atoms with Crippen molar-refractivity contribution in [1.29, 1.82) is 0 Å². The van der Waals surface area contributed by atoms with Gasteiger partial charge in [0.2, 0.25) is 5.91 Å². The summed E-state index contributed by atoms with van der Waals surface area (Å²) in [5.41, 5.74) is 1.54. The fourth-order valence-corrected chi connectivity index (χ4v) is 5.09. The van der Waals surface area contributed by atoms with Crippen molar-refractivity contribution in [3.63, 3.8) is 0 Å². The Morgan fingerprint density at radius 1 is 1.30 bits per heavy atom. The van der Waals surface area contributed by atoms with E-state index in [2.05, 4.69) is 10.6 Å². The van der Waals surface area contributed by atoms with Crippen LogP contribution in [-0.2, 0) is 27.6 Å². The molecule has 0 radical (unpaired) electrons. The smallest absolute Gasteiger partial charge is 0.239 e. The maximum absolute atomic E-state index is 14.5. The van der Waals surface area contributed by atoms with Gasteiger partial charge in [0.1, 0.15) is 11.6 Å². The van der Waals surface area contributed by atoms with Gasteiger partial charge in [0, 0.05) is 6.54 Å². The van der Waals surface area contributed by atoms with E-state index in [1.165, 1.54) is 6.07 Å². The Morgan fingerprint density at radius 3 is 2.78 bits per heavy atom. The zero-order valence-electron chi connectivity index (χ0n) is 12.9. The van der Waals surface area contributed by atoms with Gasteiger partial charge in [-0.1, -0.05) is 18.9 Å². The lowest BCUT2D eigenvalue weighted by atomic mass is 9.99. The summed E-state index contributed by atoms with van der Waals surface area (Å²) < 4.78 is 38.8. The van der Waals surface area contributed by atoms with Crippen LogP contribution in [0.25, 0.3) is 0 Å². The molecule has 3 rings (SSSR count). The van der Waals surface area contributed by atoms with Crippen LogP contribution in [0.2, 0.25) is 0 Å². The van der Waals surface area contributed by atoms with E-state index in [0.29, 0.717) is 37.9 Å².